The van der Waals surface area contributed by atoms with Gasteiger partial charge in [0.2, 0.25) is 5.95 Å². The molecule has 0 saturated carbocycles. The maximum absolute atomic E-state index is 5.98. The Hall–Kier alpha value is -0.780. The summed E-state index contributed by atoms with van der Waals surface area (Å²) in [6.07, 6.45) is 1.09. The summed E-state index contributed by atoms with van der Waals surface area (Å²) in [5.74, 6) is 0.617. The van der Waals surface area contributed by atoms with E-state index in [9.17, 15) is 0 Å². The van der Waals surface area contributed by atoms with Crippen molar-refractivity contribution in [3.05, 3.63) is 21.8 Å². The zero-order valence-corrected chi connectivity index (χ0v) is 12.7. The SMILES string of the molecule is CC(C)(C)CCn1c(N)nc2cc(I)ccc21. The van der Waals surface area contributed by atoms with Crippen molar-refractivity contribution in [3.63, 3.8) is 0 Å². The van der Waals surface area contributed by atoms with E-state index in [0.29, 0.717) is 11.4 Å². The van der Waals surface area contributed by atoms with Gasteiger partial charge < -0.3 is 10.3 Å². The minimum absolute atomic E-state index is 0.312. The largest absolute Gasteiger partial charge is 0.369 e. The molecule has 0 spiro atoms. The molecule has 0 aliphatic heterocycles. The zero-order valence-electron chi connectivity index (χ0n) is 10.5. The van der Waals surface area contributed by atoms with Crippen molar-refractivity contribution in [2.45, 2.75) is 33.7 Å². The zero-order chi connectivity index (χ0) is 12.6. The van der Waals surface area contributed by atoms with Crippen LogP contribution in [-0.4, -0.2) is 9.55 Å². The van der Waals surface area contributed by atoms with Gasteiger partial charge in [-0.2, -0.15) is 0 Å². The molecule has 0 unspecified atom stereocenters. The second-order valence-electron chi connectivity index (χ2n) is 5.57. The predicted octanol–water partition coefficient (Wildman–Crippen LogP) is 3.66. The quantitative estimate of drug-likeness (QED) is 0.846. The van der Waals surface area contributed by atoms with Gasteiger partial charge >= 0.3 is 0 Å². The minimum atomic E-state index is 0.312. The first-order valence-electron chi connectivity index (χ1n) is 5.78. The fraction of sp³-hybridized carbons (Fsp3) is 0.462. The Kier molecular flexibility index (Phi) is 3.34. The van der Waals surface area contributed by atoms with Gasteiger partial charge in [-0.05, 0) is 52.6 Å². The maximum atomic E-state index is 5.98. The van der Waals surface area contributed by atoms with E-state index >= 15 is 0 Å². The molecule has 0 aliphatic rings. The molecule has 2 aromatic rings. The van der Waals surface area contributed by atoms with E-state index in [-0.39, 0.29) is 0 Å². The van der Waals surface area contributed by atoms with E-state index in [1.165, 1.54) is 3.57 Å². The van der Waals surface area contributed by atoms with Crippen LogP contribution in [-0.2, 0) is 6.54 Å². The second kappa shape index (κ2) is 4.48. The number of hydrogen-bond donors (Lipinski definition) is 1. The van der Waals surface area contributed by atoms with Crippen molar-refractivity contribution in [1.29, 1.82) is 0 Å². The molecule has 3 nitrogen and oxygen atoms in total. The average Bonchev–Trinajstić information content (AvgIpc) is 2.48. The third kappa shape index (κ3) is 2.91. The number of fused-ring (bicyclic) bond motifs is 1. The molecule has 0 amide bonds. The third-order valence-electron chi connectivity index (χ3n) is 2.83. The lowest BCUT2D eigenvalue weighted by molar-refractivity contribution is 0.354. The van der Waals surface area contributed by atoms with Crippen molar-refractivity contribution in [2.75, 3.05) is 5.73 Å². The first-order valence-corrected chi connectivity index (χ1v) is 6.86. The number of nitrogens with zero attached hydrogens (tertiary/aromatic N) is 2. The van der Waals surface area contributed by atoms with Crippen molar-refractivity contribution < 1.29 is 0 Å². The molecule has 0 atom stereocenters. The summed E-state index contributed by atoms with van der Waals surface area (Å²) in [7, 11) is 0. The topological polar surface area (TPSA) is 43.8 Å². The predicted molar refractivity (Wildman–Crippen MR) is 80.9 cm³/mol. The van der Waals surface area contributed by atoms with Crippen molar-refractivity contribution in [2.24, 2.45) is 5.41 Å². The Morgan fingerprint density at radius 1 is 1.35 bits per heavy atom. The van der Waals surface area contributed by atoms with Gasteiger partial charge in [0, 0.05) is 10.1 Å². The van der Waals surface area contributed by atoms with Crippen molar-refractivity contribution >= 4 is 39.6 Å². The van der Waals surface area contributed by atoms with Gasteiger partial charge in [0.25, 0.3) is 0 Å². The maximum Gasteiger partial charge on any atom is 0.201 e. The van der Waals surface area contributed by atoms with Crippen LogP contribution in [0.25, 0.3) is 11.0 Å². The van der Waals surface area contributed by atoms with E-state index in [4.69, 9.17) is 5.73 Å². The van der Waals surface area contributed by atoms with Gasteiger partial charge in [-0.3, -0.25) is 0 Å². The van der Waals surface area contributed by atoms with Gasteiger partial charge in [0.05, 0.1) is 11.0 Å². The lowest BCUT2D eigenvalue weighted by atomic mass is 9.92. The normalized spacial score (nSPS) is 12.2. The minimum Gasteiger partial charge on any atom is -0.369 e. The number of halogens is 1. The molecular formula is C13H18IN3. The van der Waals surface area contributed by atoms with Crippen LogP contribution in [0.2, 0.25) is 0 Å². The van der Waals surface area contributed by atoms with Gasteiger partial charge in [0.15, 0.2) is 0 Å². The molecule has 0 aliphatic carbocycles. The molecular weight excluding hydrogens is 325 g/mol. The van der Waals surface area contributed by atoms with Gasteiger partial charge in [-0.15, -0.1) is 0 Å². The van der Waals surface area contributed by atoms with Gasteiger partial charge in [-0.1, -0.05) is 20.8 Å². The van der Waals surface area contributed by atoms with Crippen LogP contribution in [0.4, 0.5) is 5.95 Å². The van der Waals surface area contributed by atoms with E-state index in [2.05, 4.69) is 71.1 Å². The van der Waals surface area contributed by atoms with Crippen LogP contribution in [0.1, 0.15) is 27.2 Å². The number of nitrogen functional groups attached to an aromatic ring is 1. The van der Waals surface area contributed by atoms with E-state index in [1.807, 2.05) is 0 Å². The van der Waals surface area contributed by atoms with Crippen molar-refractivity contribution in [3.8, 4) is 0 Å². The summed E-state index contributed by atoms with van der Waals surface area (Å²) in [4.78, 5) is 4.41. The number of anilines is 1. The molecule has 0 radical (unpaired) electrons. The van der Waals surface area contributed by atoms with Crippen LogP contribution in [0.15, 0.2) is 18.2 Å². The highest BCUT2D eigenvalue weighted by molar-refractivity contribution is 14.1. The molecule has 92 valence electrons. The van der Waals surface area contributed by atoms with Gasteiger partial charge in [0.1, 0.15) is 0 Å². The fourth-order valence-corrected chi connectivity index (χ4v) is 2.28. The number of aryl methyl sites for hydroxylation is 1. The number of hydrogen-bond acceptors (Lipinski definition) is 2. The number of benzene rings is 1. The lowest BCUT2D eigenvalue weighted by Crippen LogP contribution is -2.12. The van der Waals surface area contributed by atoms with Crippen LogP contribution in [0.3, 0.4) is 0 Å². The number of aromatic nitrogens is 2. The third-order valence-corrected chi connectivity index (χ3v) is 3.50. The van der Waals surface area contributed by atoms with E-state index in [0.717, 1.165) is 24.0 Å². The molecule has 2 rings (SSSR count). The molecule has 17 heavy (non-hydrogen) atoms. The van der Waals surface area contributed by atoms with E-state index in [1.54, 1.807) is 0 Å². The molecule has 4 heteroatoms. The van der Waals surface area contributed by atoms with Crippen LogP contribution >= 0.6 is 22.6 Å². The molecule has 0 saturated heterocycles. The highest BCUT2D eigenvalue weighted by Crippen LogP contribution is 2.24. The fourth-order valence-electron chi connectivity index (χ4n) is 1.80. The molecule has 1 aromatic carbocycles. The highest BCUT2D eigenvalue weighted by atomic mass is 127. The summed E-state index contributed by atoms with van der Waals surface area (Å²) in [5.41, 5.74) is 8.41. The Bertz CT molecular complexity index is 537. The summed E-state index contributed by atoms with van der Waals surface area (Å²) in [6.45, 7) is 7.65. The Morgan fingerprint density at radius 3 is 2.71 bits per heavy atom. The molecule has 1 heterocycles. The number of rotatable bonds is 2. The molecule has 2 N–H and O–H groups in total. The summed E-state index contributed by atoms with van der Waals surface area (Å²) < 4.78 is 3.30. The highest BCUT2D eigenvalue weighted by Gasteiger charge is 2.13. The summed E-state index contributed by atoms with van der Waals surface area (Å²) >= 11 is 2.29. The first-order chi connectivity index (χ1) is 7.87. The molecule has 0 fully saturated rings. The first kappa shape index (κ1) is 12.7. The van der Waals surface area contributed by atoms with Gasteiger partial charge in [-0.25, -0.2) is 4.98 Å². The number of nitrogens with two attached hydrogens (primary N) is 1. The summed E-state index contributed by atoms with van der Waals surface area (Å²) in [6, 6.07) is 6.26. The van der Waals surface area contributed by atoms with Crippen LogP contribution in [0.5, 0.6) is 0 Å². The Morgan fingerprint density at radius 2 is 2.06 bits per heavy atom. The molecule has 1 aromatic heterocycles. The monoisotopic (exact) mass is 343 g/mol. The number of imidazole rings is 1. The van der Waals surface area contributed by atoms with E-state index < -0.39 is 0 Å². The Balaban J connectivity index is 2.36. The average molecular weight is 343 g/mol. The summed E-state index contributed by atoms with van der Waals surface area (Å²) in [5, 5.41) is 0. The standard InChI is InChI=1S/C13H18IN3/c1-13(2,3)6-7-17-11-5-4-9(14)8-10(11)16-12(17)15/h4-5,8H,6-7H2,1-3H3,(H2,15,16). The van der Waals surface area contributed by atoms with Crippen LogP contribution in [0, 0.1) is 8.99 Å². The molecule has 0 bridgehead atoms. The van der Waals surface area contributed by atoms with Crippen molar-refractivity contribution in [1.82, 2.24) is 9.55 Å². The smallest absolute Gasteiger partial charge is 0.201 e. The Labute approximate surface area is 116 Å². The lowest BCUT2D eigenvalue weighted by Gasteiger charge is -2.18. The second-order valence-corrected chi connectivity index (χ2v) is 6.81. The van der Waals surface area contributed by atoms with Crippen LogP contribution < -0.4 is 5.73 Å².